The van der Waals surface area contributed by atoms with Crippen LogP contribution in [0.1, 0.15) is 77.8 Å². The number of aryl methyl sites for hydroxylation is 1. The minimum atomic E-state index is -0.463. The third kappa shape index (κ3) is 7.94. The fraction of sp³-hybridized carbons (Fsp3) is 0.533. The van der Waals surface area contributed by atoms with Gasteiger partial charge in [-0.05, 0) is 75.0 Å². The maximum Gasteiger partial charge on any atom is 0.166 e. The van der Waals surface area contributed by atoms with E-state index in [1.807, 2.05) is 13.0 Å². The lowest BCUT2D eigenvalue weighted by Crippen LogP contribution is -2.30. The van der Waals surface area contributed by atoms with Crippen LogP contribution in [0.5, 0.6) is 0 Å². The summed E-state index contributed by atoms with van der Waals surface area (Å²) in [4.78, 5) is 11.7. The molecule has 2 aromatic rings. The van der Waals surface area contributed by atoms with Gasteiger partial charge in [0.2, 0.25) is 0 Å². The third-order valence-electron chi connectivity index (χ3n) is 6.90. The minimum absolute atomic E-state index is 0.00812. The molecule has 1 saturated heterocycles. The standard InChI is InChI=1S/C30H45FN6/c1-19(17-30(6,7)8)14-20(2)23(5)34-28-26(31)16-25(22(4)32)27(36-28)35-24-15-21(3)29(33-18-24)37-12-10-9-11-13-37/h15-16,18,20,23H,1,4,9-14,17,32H2,2-3,5-8H3,(H2,34,35,36)/t20-,23?/m1/s1. The van der Waals surface area contributed by atoms with Crippen molar-refractivity contribution in [2.24, 2.45) is 17.1 Å². The van der Waals surface area contributed by atoms with Crippen LogP contribution in [0, 0.1) is 24.1 Å². The van der Waals surface area contributed by atoms with Gasteiger partial charge in [-0.15, -0.1) is 0 Å². The summed E-state index contributed by atoms with van der Waals surface area (Å²) >= 11 is 0. The van der Waals surface area contributed by atoms with Crippen LogP contribution < -0.4 is 21.3 Å². The number of anilines is 4. The second kappa shape index (κ2) is 12.0. The molecule has 2 aromatic heterocycles. The Kier molecular flexibility index (Phi) is 9.21. The van der Waals surface area contributed by atoms with E-state index in [1.165, 1.54) is 30.9 Å². The molecule has 2 atom stereocenters. The number of aromatic nitrogens is 2. The molecule has 0 radical (unpaired) electrons. The normalized spacial score (nSPS) is 15.7. The Morgan fingerprint density at radius 3 is 2.41 bits per heavy atom. The van der Waals surface area contributed by atoms with Crippen molar-refractivity contribution >= 4 is 28.8 Å². The molecule has 3 rings (SSSR count). The highest BCUT2D eigenvalue weighted by Gasteiger charge is 2.21. The lowest BCUT2D eigenvalue weighted by Gasteiger charge is -2.29. The molecule has 37 heavy (non-hydrogen) atoms. The topological polar surface area (TPSA) is 79.1 Å². The van der Waals surface area contributed by atoms with Gasteiger partial charge in [0.25, 0.3) is 0 Å². The summed E-state index contributed by atoms with van der Waals surface area (Å²) in [6.45, 7) is 23.0. The van der Waals surface area contributed by atoms with Crippen LogP contribution >= 0.6 is 0 Å². The summed E-state index contributed by atoms with van der Waals surface area (Å²) in [6, 6.07) is 3.42. The van der Waals surface area contributed by atoms with Gasteiger partial charge in [0.1, 0.15) is 11.6 Å². The first-order chi connectivity index (χ1) is 17.3. The van der Waals surface area contributed by atoms with Crippen molar-refractivity contribution < 1.29 is 4.39 Å². The van der Waals surface area contributed by atoms with E-state index in [-0.39, 0.29) is 28.9 Å². The van der Waals surface area contributed by atoms with Crippen LogP contribution in [0.25, 0.3) is 5.70 Å². The first-order valence-corrected chi connectivity index (χ1v) is 13.4. The molecule has 0 aromatic carbocycles. The van der Waals surface area contributed by atoms with Gasteiger partial charge in [0, 0.05) is 30.4 Å². The fourth-order valence-corrected chi connectivity index (χ4v) is 4.95. The van der Waals surface area contributed by atoms with Crippen LogP contribution in [0.2, 0.25) is 0 Å². The molecule has 0 aliphatic carbocycles. The van der Waals surface area contributed by atoms with Gasteiger partial charge in [-0.1, -0.05) is 46.4 Å². The second-order valence-corrected chi connectivity index (χ2v) is 11.9. The molecule has 7 heteroatoms. The highest BCUT2D eigenvalue weighted by molar-refractivity contribution is 5.76. The lowest BCUT2D eigenvalue weighted by molar-refractivity contribution is 0.390. The summed E-state index contributed by atoms with van der Waals surface area (Å²) in [5, 5.41) is 6.57. The quantitative estimate of drug-likeness (QED) is 0.290. The summed E-state index contributed by atoms with van der Waals surface area (Å²) in [6.07, 6.45) is 7.28. The van der Waals surface area contributed by atoms with Crippen molar-refractivity contribution in [2.45, 2.75) is 79.7 Å². The van der Waals surface area contributed by atoms with Crippen molar-refractivity contribution in [1.29, 1.82) is 0 Å². The van der Waals surface area contributed by atoms with Crippen LogP contribution in [0.4, 0.5) is 27.5 Å². The molecular weight excluding hydrogens is 463 g/mol. The zero-order valence-corrected chi connectivity index (χ0v) is 23.5. The van der Waals surface area contributed by atoms with Crippen LogP contribution in [-0.2, 0) is 0 Å². The molecule has 1 aliphatic rings. The van der Waals surface area contributed by atoms with Crippen molar-refractivity contribution in [3.63, 3.8) is 0 Å². The van der Waals surface area contributed by atoms with E-state index in [0.29, 0.717) is 11.4 Å². The van der Waals surface area contributed by atoms with E-state index in [9.17, 15) is 0 Å². The average molecular weight is 509 g/mol. The summed E-state index contributed by atoms with van der Waals surface area (Å²) in [7, 11) is 0. The van der Waals surface area contributed by atoms with Gasteiger partial charge in [-0.25, -0.2) is 14.4 Å². The maximum absolute atomic E-state index is 15.1. The smallest absolute Gasteiger partial charge is 0.166 e. The van der Waals surface area contributed by atoms with E-state index >= 15 is 4.39 Å². The number of piperidine rings is 1. The second-order valence-electron chi connectivity index (χ2n) is 11.9. The van der Waals surface area contributed by atoms with E-state index in [0.717, 1.165) is 43.0 Å². The van der Waals surface area contributed by atoms with E-state index in [2.05, 4.69) is 68.3 Å². The number of nitrogens with two attached hydrogens (primary N) is 1. The molecule has 0 spiro atoms. The predicted molar refractivity (Wildman–Crippen MR) is 156 cm³/mol. The zero-order chi connectivity index (χ0) is 27.3. The monoisotopic (exact) mass is 508 g/mol. The number of nitrogens with zero attached hydrogens (tertiary/aromatic N) is 3. The Morgan fingerprint density at radius 1 is 1.14 bits per heavy atom. The Hall–Kier alpha value is -3.09. The number of rotatable bonds is 10. The van der Waals surface area contributed by atoms with Gasteiger partial charge < -0.3 is 21.3 Å². The summed E-state index contributed by atoms with van der Waals surface area (Å²) < 4.78 is 15.1. The molecule has 6 nitrogen and oxygen atoms in total. The first-order valence-electron chi connectivity index (χ1n) is 13.4. The molecular formula is C30H45FN6. The largest absolute Gasteiger partial charge is 0.399 e. The van der Waals surface area contributed by atoms with Crippen molar-refractivity contribution in [2.75, 3.05) is 28.6 Å². The molecule has 1 fully saturated rings. The predicted octanol–water partition coefficient (Wildman–Crippen LogP) is 7.41. The third-order valence-corrected chi connectivity index (χ3v) is 6.90. The van der Waals surface area contributed by atoms with Gasteiger partial charge in [-0.3, -0.25) is 0 Å². The Labute approximate surface area is 222 Å². The van der Waals surface area contributed by atoms with Crippen LogP contribution in [0.3, 0.4) is 0 Å². The molecule has 1 aliphatic heterocycles. The van der Waals surface area contributed by atoms with Gasteiger partial charge in [0.15, 0.2) is 11.6 Å². The molecule has 0 bridgehead atoms. The average Bonchev–Trinajstić information content (AvgIpc) is 2.80. The first kappa shape index (κ1) is 28.5. The SMILES string of the molecule is C=C(C[C@@H](C)C(C)Nc1nc(Nc2cnc(N3CCCCC3)c(C)c2)c(C(=C)N)cc1F)CC(C)(C)C. The van der Waals surface area contributed by atoms with Crippen molar-refractivity contribution in [3.8, 4) is 0 Å². The van der Waals surface area contributed by atoms with Crippen LogP contribution in [-0.4, -0.2) is 29.1 Å². The number of hydrogen-bond donors (Lipinski definition) is 3. The number of nitrogens with one attached hydrogen (secondary N) is 2. The van der Waals surface area contributed by atoms with E-state index < -0.39 is 5.82 Å². The minimum Gasteiger partial charge on any atom is -0.399 e. The molecule has 3 heterocycles. The lowest BCUT2D eigenvalue weighted by atomic mass is 9.84. The summed E-state index contributed by atoms with van der Waals surface area (Å²) in [5.41, 5.74) is 9.93. The molecule has 4 N–H and O–H groups in total. The highest BCUT2D eigenvalue weighted by Crippen LogP contribution is 2.31. The van der Waals surface area contributed by atoms with Gasteiger partial charge in [0.05, 0.1) is 11.9 Å². The van der Waals surface area contributed by atoms with E-state index in [1.54, 1.807) is 6.20 Å². The van der Waals surface area contributed by atoms with Crippen molar-refractivity contribution in [1.82, 2.24) is 9.97 Å². The Morgan fingerprint density at radius 2 is 1.81 bits per heavy atom. The van der Waals surface area contributed by atoms with Crippen LogP contribution in [0.15, 0.2) is 37.1 Å². The summed E-state index contributed by atoms with van der Waals surface area (Å²) in [5.74, 6) is 1.43. The van der Waals surface area contributed by atoms with E-state index in [4.69, 9.17) is 10.7 Å². The zero-order valence-electron chi connectivity index (χ0n) is 23.5. The number of hydrogen-bond acceptors (Lipinski definition) is 6. The number of allylic oxidation sites excluding steroid dienone is 1. The highest BCUT2D eigenvalue weighted by atomic mass is 19.1. The molecule has 202 valence electrons. The van der Waals surface area contributed by atoms with Gasteiger partial charge in [-0.2, -0.15) is 0 Å². The maximum atomic E-state index is 15.1. The Balaban J connectivity index is 1.78. The fourth-order valence-electron chi connectivity index (χ4n) is 4.95. The number of halogens is 1. The molecule has 0 amide bonds. The van der Waals surface area contributed by atoms with Crippen molar-refractivity contribution in [3.05, 3.63) is 54.0 Å². The number of pyridine rings is 2. The Bertz CT molecular complexity index is 1110. The molecule has 0 saturated carbocycles. The van der Waals surface area contributed by atoms with Gasteiger partial charge >= 0.3 is 0 Å². The molecule has 1 unspecified atom stereocenters.